The topological polar surface area (TPSA) is 35.5 Å². The minimum atomic E-state index is -2.23. The zero-order valence-corrected chi connectivity index (χ0v) is 13.0. The molecule has 0 bridgehead atoms. The molecule has 0 N–H and O–H groups in total. The van der Waals surface area contributed by atoms with Gasteiger partial charge in [0.25, 0.3) is 0 Å². The molecular weight excluding hydrogens is 271 g/mol. The summed E-state index contributed by atoms with van der Waals surface area (Å²) in [6, 6.07) is 11.4. The van der Waals surface area contributed by atoms with Gasteiger partial charge in [0, 0.05) is 4.57 Å². The van der Waals surface area contributed by atoms with E-state index in [4.69, 9.17) is 9.05 Å². The van der Waals surface area contributed by atoms with E-state index in [-0.39, 0.29) is 0 Å². The monoisotopic (exact) mass is 289 g/mol. The molecule has 2 rings (SSSR count). The lowest BCUT2D eigenvalue weighted by molar-refractivity contribution is 0.415. The minimum absolute atomic E-state index is 0.563. The first-order valence-electron chi connectivity index (χ1n) is 6.42. The average Bonchev–Trinajstić information content (AvgIpc) is 2.24. The number of rotatable bonds is 4. The van der Waals surface area contributed by atoms with E-state index < -0.39 is 8.25 Å². The summed E-state index contributed by atoms with van der Waals surface area (Å²) in [6.45, 7) is 7.88. The van der Waals surface area contributed by atoms with Crippen LogP contribution in [0.4, 0.5) is 0 Å². The van der Waals surface area contributed by atoms with Gasteiger partial charge >= 0.3 is 8.25 Å². The fraction of sp³-hybridized carbons (Fsp3) is 0.250. The van der Waals surface area contributed by atoms with Gasteiger partial charge in [-0.2, -0.15) is 0 Å². The first-order chi connectivity index (χ1) is 9.42. The number of hydrogen-bond acceptors (Lipinski definition) is 3. The largest absolute Gasteiger partial charge is 0.805 e. The lowest BCUT2D eigenvalue weighted by Crippen LogP contribution is -1.91. The maximum Gasteiger partial charge on any atom is 0.805 e. The van der Waals surface area contributed by atoms with Gasteiger partial charge in [0.1, 0.15) is 0 Å². The Balaban J connectivity index is 2.08. The molecule has 104 valence electrons. The van der Waals surface area contributed by atoms with Crippen LogP contribution in [0.1, 0.15) is 22.3 Å². The molecule has 20 heavy (non-hydrogen) atoms. The zero-order valence-electron chi connectivity index (χ0n) is 12.1. The van der Waals surface area contributed by atoms with E-state index in [2.05, 4.69) is 0 Å². The minimum Gasteiger partial charge on any atom is -0.222 e. The summed E-state index contributed by atoms with van der Waals surface area (Å²) >= 11 is 0. The van der Waals surface area contributed by atoms with Gasteiger partial charge in [-0.1, -0.05) is 12.1 Å². The van der Waals surface area contributed by atoms with E-state index in [0.29, 0.717) is 11.5 Å². The lowest BCUT2D eigenvalue weighted by Gasteiger charge is -2.00. The molecule has 0 saturated heterocycles. The Morgan fingerprint density at radius 1 is 0.650 bits per heavy atom. The number of hydrogen-bond donors (Lipinski definition) is 0. The van der Waals surface area contributed by atoms with Crippen LogP contribution in [0.15, 0.2) is 36.4 Å². The van der Waals surface area contributed by atoms with Crippen LogP contribution in [0.3, 0.4) is 0 Å². The summed E-state index contributed by atoms with van der Waals surface area (Å²) in [5, 5.41) is 0. The molecule has 0 aliphatic rings. The standard InChI is InChI=1S/C16H18O3P/c1-11-5-12(2)8-15(7-11)18-20(17)19-16-9-13(3)6-14(4)10-16/h5-10H,1-4H3/q+1. The summed E-state index contributed by atoms with van der Waals surface area (Å²) in [5.41, 5.74) is 4.26. The van der Waals surface area contributed by atoms with Crippen molar-refractivity contribution >= 4 is 8.25 Å². The van der Waals surface area contributed by atoms with Crippen molar-refractivity contribution in [2.24, 2.45) is 0 Å². The molecule has 4 heteroatoms. The van der Waals surface area contributed by atoms with E-state index >= 15 is 0 Å². The molecule has 2 aromatic rings. The predicted octanol–water partition coefficient (Wildman–Crippen LogP) is 5.04. The fourth-order valence-corrected chi connectivity index (χ4v) is 2.75. The molecule has 3 nitrogen and oxygen atoms in total. The second kappa shape index (κ2) is 6.06. The highest BCUT2D eigenvalue weighted by Crippen LogP contribution is 2.32. The van der Waals surface area contributed by atoms with Crippen LogP contribution in [0.5, 0.6) is 11.5 Å². The van der Waals surface area contributed by atoms with E-state index in [1.807, 2.05) is 64.1 Å². The van der Waals surface area contributed by atoms with Crippen molar-refractivity contribution in [1.82, 2.24) is 0 Å². The summed E-state index contributed by atoms with van der Waals surface area (Å²) in [6.07, 6.45) is 0. The summed E-state index contributed by atoms with van der Waals surface area (Å²) in [4.78, 5) is 0. The average molecular weight is 289 g/mol. The molecule has 0 aromatic heterocycles. The molecular formula is C16H18O3P+. The van der Waals surface area contributed by atoms with Crippen LogP contribution in [-0.2, 0) is 4.57 Å². The van der Waals surface area contributed by atoms with Gasteiger partial charge in [-0.15, -0.1) is 0 Å². The van der Waals surface area contributed by atoms with Crippen LogP contribution in [0, 0.1) is 27.7 Å². The van der Waals surface area contributed by atoms with Crippen LogP contribution in [0.25, 0.3) is 0 Å². The van der Waals surface area contributed by atoms with Crippen LogP contribution >= 0.6 is 8.25 Å². The van der Waals surface area contributed by atoms with E-state index in [0.717, 1.165) is 22.3 Å². The third kappa shape index (κ3) is 4.07. The van der Waals surface area contributed by atoms with Crippen LogP contribution in [-0.4, -0.2) is 0 Å². The van der Waals surface area contributed by atoms with Crippen molar-refractivity contribution < 1.29 is 13.6 Å². The number of benzene rings is 2. The van der Waals surface area contributed by atoms with Crippen LogP contribution in [0.2, 0.25) is 0 Å². The van der Waals surface area contributed by atoms with Crippen molar-refractivity contribution in [3.05, 3.63) is 58.7 Å². The van der Waals surface area contributed by atoms with Gasteiger partial charge in [-0.25, -0.2) is 9.05 Å². The van der Waals surface area contributed by atoms with Crippen molar-refractivity contribution in [1.29, 1.82) is 0 Å². The Labute approximate surface area is 120 Å². The Morgan fingerprint density at radius 2 is 0.950 bits per heavy atom. The maximum atomic E-state index is 11.9. The molecule has 0 spiro atoms. The van der Waals surface area contributed by atoms with Gasteiger partial charge < -0.3 is 0 Å². The molecule has 2 aromatic carbocycles. The highest BCUT2D eigenvalue weighted by molar-refractivity contribution is 7.34. The van der Waals surface area contributed by atoms with E-state index in [9.17, 15) is 4.57 Å². The molecule has 0 radical (unpaired) electrons. The van der Waals surface area contributed by atoms with Gasteiger partial charge in [0.15, 0.2) is 11.5 Å². The molecule has 0 atom stereocenters. The Hall–Kier alpha value is -1.86. The number of aryl methyl sites for hydroxylation is 4. The van der Waals surface area contributed by atoms with Crippen molar-refractivity contribution in [3.8, 4) is 11.5 Å². The fourth-order valence-electron chi connectivity index (χ4n) is 2.16. The second-order valence-electron chi connectivity index (χ2n) is 5.05. The Bertz CT molecular complexity index is 554. The van der Waals surface area contributed by atoms with Crippen molar-refractivity contribution in [3.63, 3.8) is 0 Å². The third-order valence-electron chi connectivity index (χ3n) is 2.75. The predicted molar refractivity (Wildman–Crippen MR) is 80.7 cm³/mol. The molecule has 0 fully saturated rings. The second-order valence-corrected chi connectivity index (χ2v) is 5.87. The summed E-state index contributed by atoms with van der Waals surface area (Å²) in [7, 11) is -2.23. The zero-order chi connectivity index (χ0) is 14.7. The molecule has 0 aliphatic carbocycles. The smallest absolute Gasteiger partial charge is 0.222 e. The molecule has 0 amide bonds. The van der Waals surface area contributed by atoms with Gasteiger partial charge in [-0.05, 0) is 74.2 Å². The van der Waals surface area contributed by atoms with Crippen LogP contribution < -0.4 is 9.05 Å². The van der Waals surface area contributed by atoms with Crippen molar-refractivity contribution in [2.75, 3.05) is 0 Å². The first kappa shape index (κ1) is 14.5. The highest BCUT2D eigenvalue weighted by Gasteiger charge is 2.24. The summed E-state index contributed by atoms with van der Waals surface area (Å²) in [5.74, 6) is 1.13. The molecule has 0 heterocycles. The van der Waals surface area contributed by atoms with E-state index in [1.165, 1.54) is 0 Å². The lowest BCUT2D eigenvalue weighted by atomic mass is 10.1. The molecule has 0 aliphatic heterocycles. The Morgan fingerprint density at radius 3 is 1.25 bits per heavy atom. The van der Waals surface area contributed by atoms with Gasteiger partial charge in [0.2, 0.25) is 0 Å². The quantitative estimate of drug-likeness (QED) is 0.740. The van der Waals surface area contributed by atoms with Gasteiger partial charge in [-0.3, -0.25) is 0 Å². The van der Waals surface area contributed by atoms with Gasteiger partial charge in [0.05, 0.1) is 0 Å². The van der Waals surface area contributed by atoms with E-state index in [1.54, 1.807) is 0 Å². The third-order valence-corrected chi connectivity index (χ3v) is 3.47. The maximum absolute atomic E-state index is 11.9. The SMILES string of the molecule is Cc1cc(C)cc(O[P+](=O)Oc2cc(C)cc(C)c2)c1. The molecule has 0 saturated carbocycles. The highest BCUT2D eigenvalue weighted by atomic mass is 31.1. The normalized spacial score (nSPS) is 10.2. The molecule has 0 unspecified atom stereocenters. The first-order valence-corrected chi connectivity index (χ1v) is 7.52. The van der Waals surface area contributed by atoms with Crippen molar-refractivity contribution in [2.45, 2.75) is 27.7 Å². The Kier molecular flexibility index (Phi) is 4.41. The summed E-state index contributed by atoms with van der Waals surface area (Å²) < 4.78 is 22.6.